The quantitative estimate of drug-likeness (QED) is 0.765. The molecular weight excluding hydrogens is 246 g/mol. The van der Waals surface area contributed by atoms with Crippen molar-refractivity contribution in [1.29, 1.82) is 0 Å². The summed E-state index contributed by atoms with van der Waals surface area (Å²) in [6.07, 6.45) is 0.877. The number of hydrogen-bond acceptors (Lipinski definition) is 2. The number of hydrogen-bond donors (Lipinski definition) is 1. The molecule has 1 aromatic carbocycles. The van der Waals surface area contributed by atoms with Gasteiger partial charge in [0.05, 0.1) is 13.2 Å². The van der Waals surface area contributed by atoms with Crippen molar-refractivity contribution in [2.75, 3.05) is 19.8 Å². The van der Waals surface area contributed by atoms with Gasteiger partial charge in [0, 0.05) is 17.6 Å². The van der Waals surface area contributed by atoms with E-state index in [-0.39, 0.29) is 0 Å². The van der Waals surface area contributed by atoms with E-state index in [9.17, 15) is 0 Å². The molecule has 1 rings (SSSR count). The summed E-state index contributed by atoms with van der Waals surface area (Å²) in [5, 5.41) is 4.17. The van der Waals surface area contributed by atoms with E-state index in [2.05, 4.69) is 39.1 Å². The predicted octanol–water partition coefficient (Wildman–Crippen LogP) is 3.51. The monoisotopic (exact) mass is 269 g/mol. The lowest BCUT2D eigenvalue weighted by molar-refractivity contribution is 0.137. The summed E-state index contributed by atoms with van der Waals surface area (Å²) >= 11 is 6.22. The van der Waals surface area contributed by atoms with Crippen LogP contribution >= 0.6 is 11.6 Å². The average Bonchev–Trinajstić information content (AvgIpc) is 2.29. The molecule has 0 saturated carbocycles. The van der Waals surface area contributed by atoms with Gasteiger partial charge in [0.2, 0.25) is 0 Å². The fourth-order valence-electron chi connectivity index (χ4n) is 1.74. The van der Waals surface area contributed by atoms with Crippen LogP contribution < -0.4 is 5.32 Å². The van der Waals surface area contributed by atoms with E-state index in [1.807, 2.05) is 6.07 Å². The topological polar surface area (TPSA) is 21.3 Å². The van der Waals surface area contributed by atoms with Gasteiger partial charge in [-0.2, -0.15) is 0 Å². The minimum Gasteiger partial charge on any atom is -0.380 e. The van der Waals surface area contributed by atoms with Crippen LogP contribution in [0.5, 0.6) is 0 Å². The van der Waals surface area contributed by atoms with Crippen LogP contribution in [-0.4, -0.2) is 25.8 Å². The number of nitrogens with one attached hydrogen (secondary N) is 1. The average molecular weight is 270 g/mol. The third-order valence-electron chi connectivity index (χ3n) is 2.98. The van der Waals surface area contributed by atoms with Gasteiger partial charge in [-0.05, 0) is 43.0 Å². The number of halogens is 1. The van der Waals surface area contributed by atoms with Crippen molar-refractivity contribution in [2.45, 2.75) is 40.2 Å². The maximum absolute atomic E-state index is 6.22. The number of benzene rings is 1. The van der Waals surface area contributed by atoms with Crippen molar-refractivity contribution in [2.24, 2.45) is 0 Å². The SMILES string of the molecule is Cc1cc(Cl)c(CCOCCNC(C)C)cc1C. The third-order valence-corrected chi connectivity index (χ3v) is 3.33. The molecule has 0 unspecified atom stereocenters. The molecule has 0 aliphatic carbocycles. The Morgan fingerprint density at radius 1 is 1.17 bits per heavy atom. The Labute approximate surface area is 116 Å². The summed E-state index contributed by atoms with van der Waals surface area (Å²) in [5.41, 5.74) is 3.71. The molecule has 18 heavy (non-hydrogen) atoms. The molecule has 0 radical (unpaired) electrons. The largest absolute Gasteiger partial charge is 0.380 e. The zero-order valence-electron chi connectivity index (χ0n) is 11.8. The van der Waals surface area contributed by atoms with Gasteiger partial charge in [0.25, 0.3) is 0 Å². The summed E-state index contributed by atoms with van der Waals surface area (Å²) in [4.78, 5) is 0. The van der Waals surface area contributed by atoms with Gasteiger partial charge in [0.1, 0.15) is 0 Å². The van der Waals surface area contributed by atoms with Gasteiger partial charge >= 0.3 is 0 Å². The Hall–Kier alpha value is -0.570. The Morgan fingerprint density at radius 3 is 2.50 bits per heavy atom. The van der Waals surface area contributed by atoms with Crippen LogP contribution in [0.4, 0.5) is 0 Å². The summed E-state index contributed by atoms with van der Waals surface area (Å²) in [6, 6.07) is 4.71. The van der Waals surface area contributed by atoms with E-state index in [1.54, 1.807) is 0 Å². The van der Waals surface area contributed by atoms with Crippen LogP contribution in [0.3, 0.4) is 0 Å². The molecule has 0 heterocycles. The van der Waals surface area contributed by atoms with Crippen LogP contribution in [0.15, 0.2) is 12.1 Å². The second-order valence-corrected chi connectivity index (χ2v) is 5.41. The van der Waals surface area contributed by atoms with Gasteiger partial charge in [-0.1, -0.05) is 31.5 Å². The highest BCUT2D eigenvalue weighted by atomic mass is 35.5. The molecule has 1 aromatic rings. The first kappa shape index (κ1) is 15.5. The van der Waals surface area contributed by atoms with Crippen molar-refractivity contribution in [3.05, 3.63) is 33.8 Å². The van der Waals surface area contributed by atoms with Crippen molar-refractivity contribution in [1.82, 2.24) is 5.32 Å². The first-order valence-electron chi connectivity index (χ1n) is 6.57. The molecule has 102 valence electrons. The highest BCUT2D eigenvalue weighted by molar-refractivity contribution is 6.31. The fourth-order valence-corrected chi connectivity index (χ4v) is 2.05. The van der Waals surface area contributed by atoms with Gasteiger partial charge in [-0.3, -0.25) is 0 Å². The highest BCUT2D eigenvalue weighted by Crippen LogP contribution is 2.21. The molecule has 2 nitrogen and oxygen atoms in total. The second-order valence-electron chi connectivity index (χ2n) is 5.00. The molecule has 3 heteroatoms. The van der Waals surface area contributed by atoms with Crippen molar-refractivity contribution < 1.29 is 4.74 Å². The Kier molecular flexibility index (Phi) is 6.69. The molecule has 0 spiro atoms. The first-order valence-corrected chi connectivity index (χ1v) is 6.95. The zero-order valence-corrected chi connectivity index (χ0v) is 12.6. The summed E-state index contributed by atoms with van der Waals surface area (Å²) in [7, 11) is 0. The standard InChI is InChI=1S/C15H24ClNO/c1-11(2)17-6-8-18-7-5-14-9-12(3)13(4)10-15(14)16/h9-11,17H,5-8H2,1-4H3. The second kappa shape index (κ2) is 7.78. The van der Waals surface area contributed by atoms with Crippen LogP contribution in [0.25, 0.3) is 0 Å². The lowest BCUT2D eigenvalue weighted by Gasteiger charge is -2.10. The van der Waals surface area contributed by atoms with E-state index >= 15 is 0 Å². The van der Waals surface area contributed by atoms with E-state index in [1.165, 1.54) is 16.7 Å². The lowest BCUT2D eigenvalue weighted by atomic mass is 10.0. The summed E-state index contributed by atoms with van der Waals surface area (Å²) in [5.74, 6) is 0. The predicted molar refractivity (Wildman–Crippen MR) is 78.6 cm³/mol. The van der Waals surface area contributed by atoms with Gasteiger partial charge in [-0.15, -0.1) is 0 Å². The normalized spacial score (nSPS) is 11.2. The van der Waals surface area contributed by atoms with Crippen molar-refractivity contribution in [3.8, 4) is 0 Å². The molecule has 0 bridgehead atoms. The van der Waals surface area contributed by atoms with Crippen molar-refractivity contribution >= 4 is 11.6 Å². The molecule has 1 N–H and O–H groups in total. The molecular formula is C15H24ClNO. The van der Waals surface area contributed by atoms with Gasteiger partial charge < -0.3 is 10.1 Å². The molecule has 0 aliphatic rings. The van der Waals surface area contributed by atoms with Crippen LogP contribution in [0.1, 0.15) is 30.5 Å². The zero-order chi connectivity index (χ0) is 13.5. The number of ether oxygens (including phenoxy) is 1. The minimum absolute atomic E-state index is 0.516. The smallest absolute Gasteiger partial charge is 0.0591 e. The molecule has 0 amide bonds. The van der Waals surface area contributed by atoms with E-state index in [0.29, 0.717) is 6.04 Å². The molecule has 0 aromatic heterocycles. The van der Waals surface area contributed by atoms with Crippen LogP contribution in [0, 0.1) is 13.8 Å². The maximum atomic E-state index is 6.22. The lowest BCUT2D eigenvalue weighted by Crippen LogP contribution is -2.26. The van der Waals surface area contributed by atoms with Gasteiger partial charge in [-0.25, -0.2) is 0 Å². The molecule has 0 aliphatic heterocycles. The van der Waals surface area contributed by atoms with Crippen LogP contribution in [-0.2, 0) is 11.2 Å². The first-order chi connectivity index (χ1) is 8.50. The van der Waals surface area contributed by atoms with E-state index < -0.39 is 0 Å². The number of aryl methyl sites for hydroxylation is 2. The molecule has 0 saturated heterocycles. The Balaban J connectivity index is 2.29. The fraction of sp³-hybridized carbons (Fsp3) is 0.600. The summed E-state index contributed by atoms with van der Waals surface area (Å²) in [6.45, 7) is 10.8. The molecule has 0 atom stereocenters. The molecule has 0 fully saturated rings. The Bertz CT molecular complexity index is 377. The number of rotatable bonds is 7. The Morgan fingerprint density at radius 2 is 1.83 bits per heavy atom. The van der Waals surface area contributed by atoms with Gasteiger partial charge in [0.15, 0.2) is 0 Å². The third kappa shape index (κ3) is 5.38. The van der Waals surface area contributed by atoms with Crippen LogP contribution in [0.2, 0.25) is 5.02 Å². The highest BCUT2D eigenvalue weighted by Gasteiger charge is 2.03. The van der Waals surface area contributed by atoms with E-state index in [4.69, 9.17) is 16.3 Å². The van der Waals surface area contributed by atoms with E-state index in [0.717, 1.165) is 31.2 Å². The van der Waals surface area contributed by atoms with Crippen molar-refractivity contribution in [3.63, 3.8) is 0 Å². The minimum atomic E-state index is 0.516. The maximum Gasteiger partial charge on any atom is 0.0591 e. The summed E-state index contributed by atoms with van der Waals surface area (Å²) < 4.78 is 5.59.